The molecule has 0 radical (unpaired) electrons. The number of nitrogens with zero attached hydrogens (tertiary/aromatic N) is 2. The standard InChI is InChI=1S/C12H14N4O2/c1-7-4-10-8(5-13-7)14-6-16(10)9-2-3-11(17)15-12(9)18/h4-5,9,14H,2-3,6H2,1H3,(H,15,17,18). The molecule has 1 saturated heterocycles. The summed E-state index contributed by atoms with van der Waals surface area (Å²) in [5, 5.41) is 5.59. The molecule has 94 valence electrons. The zero-order chi connectivity index (χ0) is 12.7. The van der Waals surface area contributed by atoms with Gasteiger partial charge < -0.3 is 10.2 Å². The smallest absolute Gasteiger partial charge is 0.249 e. The Hall–Kier alpha value is -2.11. The SMILES string of the molecule is Cc1cc2c(cn1)NCN2C1CCC(=O)NC1=O. The number of hydrogen-bond acceptors (Lipinski definition) is 5. The minimum Gasteiger partial charge on any atom is -0.365 e. The number of nitrogens with one attached hydrogen (secondary N) is 2. The number of pyridine rings is 1. The first-order chi connectivity index (χ1) is 8.65. The van der Waals surface area contributed by atoms with E-state index in [2.05, 4.69) is 15.6 Å². The summed E-state index contributed by atoms with van der Waals surface area (Å²) in [6.07, 6.45) is 2.73. The fourth-order valence-electron chi connectivity index (χ4n) is 2.43. The van der Waals surface area contributed by atoms with E-state index in [4.69, 9.17) is 0 Å². The number of piperidine rings is 1. The summed E-state index contributed by atoms with van der Waals surface area (Å²) in [6, 6.07) is 1.68. The molecule has 1 unspecified atom stereocenters. The van der Waals surface area contributed by atoms with Gasteiger partial charge in [0.15, 0.2) is 0 Å². The number of imide groups is 1. The fourth-order valence-corrected chi connectivity index (χ4v) is 2.43. The van der Waals surface area contributed by atoms with Crippen LogP contribution in [0.1, 0.15) is 18.5 Å². The molecule has 1 atom stereocenters. The molecule has 1 aromatic heterocycles. The third-order valence-electron chi connectivity index (χ3n) is 3.35. The molecule has 1 fully saturated rings. The van der Waals surface area contributed by atoms with Crippen LogP contribution in [0.4, 0.5) is 11.4 Å². The first-order valence-electron chi connectivity index (χ1n) is 5.96. The minimum absolute atomic E-state index is 0.186. The Labute approximate surface area is 104 Å². The fraction of sp³-hybridized carbons (Fsp3) is 0.417. The third-order valence-corrected chi connectivity index (χ3v) is 3.35. The van der Waals surface area contributed by atoms with Crippen molar-refractivity contribution in [2.24, 2.45) is 0 Å². The van der Waals surface area contributed by atoms with Crippen molar-refractivity contribution < 1.29 is 9.59 Å². The Morgan fingerprint density at radius 2 is 2.28 bits per heavy atom. The zero-order valence-corrected chi connectivity index (χ0v) is 10.1. The Bertz CT molecular complexity index is 529. The van der Waals surface area contributed by atoms with Crippen molar-refractivity contribution in [3.05, 3.63) is 18.0 Å². The molecule has 6 nitrogen and oxygen atoms in total. The van der Waals surface area contributed by atoms with Gasteiger partial charge in [0.2, 0.25) is 11.8 Å². The second-order valence-corrected chi connectivity index (χ2v) is 4.61. The van der Waals surface area contributed by atoms with E-state index in [0.29, 0.717) is 19.5 Å². The summed E-state index contributed by atoms with van der Waals surface area (Å²) in [6.45, 7) is 2.49. The summed E-state index contributed by atoms with van der Waals surface area (Å²) >= 11 is 0. The average Bonchev–Trinajstić information content (AvgIpc) is 2.72. The van der Waals surface area contributed by atoms with Crippen molar-refractivity contribution in [3.8, 4) is 0 Å². The number of anilines is 2. The minimum atomic E-state index is -0.279. The molecule has 0 saturated carbocycles. The van der Waals surface area contributed by atoms with Crippen LogP contribution in [-0.4, -0.2) is 29.5 Å². The van der Waals surface area contributed by atoms with Gasteiger partial charge in [0, 0.05) is 12.1 Å². The van der Waals surface area contributed by atoms with Gasteiger partial charge >= 0.3 is 0 Å². The van der Waals surface area contributed by atoms with Gasteiger partial charge in [0.1, 0.15) is 6.04 Å². The van der Waals surface area contributed by atoms with Crippen molar-refractivity contribution in [3.63, 3.8) is 0 Å². The van der Waals surface area contributed by atoms with Gasteiger partial charge in [0.05, 0.1) is 24.2 Å². The Kier molecular flexibility index (Phi) is 2.43. The van der Waals surface area contributed by atoms with Crippen LogP contribution in [0.3, 0.4) is 0 Å². The Morgan fingerprint density at radius 3 is 3.06 bits per heavy atom. The van der Waals surface area contributed by atoms with Crippen molar-refractivity contribution >= 4 is 23.2 Å². The van der Waals surface area contributed by atoms with Crippen LogP contribution in [0.25, 0.3) is 0 Å². The van der Waals surface area contributed by atoms with Gasteiger partial charge in [0.25, 0.3) is 0 Å². The number of aryl methyl sites for hydroxylation is 1. The summed E-state index contributed by atoms with van der Waals surface area (Å²) in [5.41, 5.74) is 2.83. The van der Waals surface area contributed by atoms with E-state index in [1.54, 1.807) is 6.20 Å². The van der Waals surface area contributed by atoms with E-state index in [1.165, 1.54) is 0 Å². The molecule has 0 bridgehead atoms. The first-order valence-corrected chi connectivity index (χ1v) is 5.96. The molecule has 6 heteroatoms. The summed E-state index contributed by atoms with van der Waals surface area (Å²) in [7, 11) is 0. The predicted molar refractivity (Wildman–Crippen MR) is 66.1 cm³/mol. The van der Waals surface area contributed by atoms with E-state index in [1.807, 2.05) is 17.9 Å². The molecular weight excluding hydrogens is 232 g/mol. The second kappa shape index (κ2) is 3.97. The quantitative estimate of drug-likeness (QED) is 0.701. The number of amides is 2. The number of carbonyl (C=O) groups excluding carboxylic acids is 2. The molecule has 3 rings (SSSR count). The number of rotatable bonds is 1. The predicted octanol–water partition coefficient (Wildman–Crippen LogP) is 0.385. The lowest BCUT2D eigenvalue weighted by molar-refractivity contribution is -0.134. The van der Waals surface area contributed by atoms with E-state index in [-0.39, 0.29) is 17.9 Å². The lowest BCUT2D eigenvalue weighted by Gasteiger charge is -2.30. The first kappa shape index (κ1) is 11.0. The molecule has 1 aromatic rings. The summed E-state index contributed by atoms with van der Waals surface area (Å²) in [4.78, 5) is 29.2. The summed E-state index contributed by atoms with van der Waals surface area (Å²) < 4.78 is 0. The third kappa shape index (κ3) is 1.70. The van der Waals surface area contributed by atoms with Crippen molar-refractivity contribution in [2.45, 2.75) is 25.8 Å². The molecule has 0 spiro atoms. The average molecular weight is 246 g/mol. The molecule has 3 heterocycles. The van der Waals surface area contributed by atoms with E-state index >= 15 is 0 Å². The molecular formula is C12H14N4O2. The van der Waals surface area contributed by atoms with Gasteiger partial charge in [-0.15, -0.1) is 0 Å². The van der Waals surface area contributed by atoms with Crippen molar-refractivity contribution in [1.82, 2.24) is 10.3 Å². The van der Waals surface area contributed by atoms with E-state index < -0.39 is 0 Å². The highest BCUT2D eigenvalue weighted by Crippen LogP contribution is 2.33. The molecule has 18 heavy (non-hydrogen) atoms. The maximum Gasteiger partial charge on any atom is 0.249 e. The van der Waals surface area contributed by atoms with Crippen LogP contribution < -0.4 is 15.5 Å². The highest BCUT2D eigenvalue weighted by atomic mass is 16.2. The molecule has 2 N–H and O–H groups in total. The molecule has 2 amide bonds. The van der Waals surface area contributed by atoms with Gasteiger partial charge in [-0.3, -0.25) is 19.9 Å². The zero-order valence-electron chi connectivity index (χ0n) is 10.1. The number of carbonyl (C=O) groups is 2. The van der Waals surface area contributed by atoms with Crippen molar-refractivity contribution in [1.29, 1.82) is 0 Å². The Morgan fingerprint density at radius 1 is 1.44 bits per heavy atom. The van der Waals surface area contributed by atoms with E-state index in [9.17, 15) is 9.59 Å². The Balaban J connectivity index is 1.90. The van der Waals surface area contributed by atoms with Crippen LogP contribution in [0.15, 0.2) is 12.3 Å². The molecule has 0 aromatic carbocycles. The number of fused-ring (bicyclic) bond motifs is 1. The largest absolute Gasteiger partial charge is 0.365 e. The summed E-state index contributed by atoms with van der Waals surface area (Å²) in [5.74, 6) is -0.398. The van der Waals surface area contributed by atoms with Crippen LogP contribution in [-0.2, 0) is 9.59 Å². The monoisotopic (exact) mass is 246 g/mol. The molecule has 2 aliphatic rings. The van der Waals surface area contributed by atoms with Gasteiger partial charge in [-0.25, -0.2) is 0 Å². The van der Waals surface area contributed by atoms with Gasteiger partial charge in [-0.2, -0.15) is 0 Å². The maximum absolute atomic E-state index is 11.9. The number of aromatic nitrogens is 1. The van der Waals surface area contributed by atoms with Crippen LogP contribution in [0, 0.1) is 6.92 Å². The highest BCUT2D eigenvalue weighted by Gasteiger charge is 2.35. The second-order valence-electron chi connectivity index (χ2n) is 4.61. The van der Waals surface area contributed by atoms with Crippen LogP contribution in [0.2, 0.25) is 0 Å². The molecule has 2 aliphatic heterocycles. The maximum atomic E-state index is 11.9. The van der Waals surface area contributed by atoms with Crippen LogP contribution in [0.5, 0.6) is 0 Å². The highest BCUT2D eigenvalue weighted by molar-refractivity contribution is 6.02. The van der Waals surface area contributed by atoms with Gasteiger partial charge in [-0.1, -0.05) is 0 Å². The van der Waals surface area contributed by atoms with Gasteiger partial charge in [-0.05, 0) is 19.4 Å². The van der Waals surface area contributed by atoms with E-state index in [0.717, 1.165) is 17.1 Å². The van der Waals surface area contributed by atoms with Crippen LogP contribution >= 0.6 is 0 Å². The normalized spacial score (nSPS) is 22.5. The lowest BCUT2D eigenvalue weighted by atomic mass is 10.0. The molecule has 0 aliphatic carbocycles. The van der Waals surface area contributed by atoms with Crippen molar-refractivity contribution in [2.75, 3.05) is 16.9 Å². The lowest BCUT2D eigenvalue weighted by Crippen LogP contribution is -2.52. The number of hydrogen-bond donors (Lipinski definition) is 2. The topological polar surface area (TPSA) is 74.3 Å².